The summed E-state index contributed by atoms with van der Waals surface area (Å²) in [5.41, 5.74) is 2.03. The number of unbranched alkanes of at least 4 members (excludes halogenated alkanes) is 1. The Morgan fingerprint density at radius 1 is 0.923 bits per heavy atom. The van der Waals surface area contributed by atoms with Crippen LogP contribution in [-0.2, 0) is 43.8 Å². The number of nitrogens with zero attached hydrogens (tertiary/aromatic N) is 3. The fourth-order valence-corrected chi connectivity index (χ4v) is 9.73. The van der Waals surface area contributed by atoms with E-state index in [1.54, 1.807) is 17.5 Å². The number of hydrogen-bond donors (Lipinski definition) is 5. The summed E-state index contributed by atoms with van der Waals surface area (Å²) in [6, 6.07) is 13.0. The van der Waals surface area contributed by atoms with Crippen LogP contribution in [0.1, 0.15) is 76.0 Å². The molecule has 2 aromatic carbocycles. The minimum Gasteiger partial charge on any atom is -0.384 e. The van der Waals surface area contributed by atoms with Crippen LogP contribution in [0.2, 0.25) is 0 Å². The number of carbonyl (C=O) groups is 7. The third kappa shape index (κ3) is 12.9. The number of rotatable bonds is 23. The quantitative estimate of drug-likeness (QED) is 0.0527. The Labute approximate surface area is 378 Å². The maximum absolute atomic E-state index is 13.4. The molecular weight excluding hydrogens is 905 g/mol. The molecule has 4 aromatic rings. The highest BCUT2D eigenvalue weighted by Crippen LogP contribution is 2.32. The number of hydrogen-bond acceptors (Lipinski definition) is 15. The van der Waals surface area contributed by atoms with Crippen molar-refractivity contribution in [1.82, 2.24) is 29.8 Å². The van der Waals surface area contributed by atoms with E-state index in [1.807, 2.05) is 30.3 Å². The number of fused-ring (bicyclic) bond motifs is 1. The van der Waals surface area contributed by atoms with Gasteiger partial charge in [0.1, 0.15) is 21.9 Å². The first-order chi connectivity index (χ1) is 31.0. The van der Waals surface area contributed by atoms with Gasteiger partial charge in [0.15, 0.2) is 5.13 Å². The number of carbonyl (C=O) groups excluding carboxylic acids is 7. The van der Waals surface area contributed by atoms with E-state index in [0.29, 0.717) is 24.2 Å². The fraction of sp³-hybridized carbons (Fsp3) is 0.381. The van der Waals surface area contributed by atoms with E-state index >= 15 is 0 Å². The number of ether oxygens (including phenoxy) is 1. The average Bonchev–Trinajstić information content (AvgIpc) is 4.02. The molecule has 65 heavy (non-hydrogen) atoms. The Morgan fingerprint density at radius 3 is 2.43 bits per heavy atom. The van der Waals surface area contributed by atoms with Crippen LogP contribution >= 0.6 is 11.3 Å². The van der Waals surface area contributed by atoms with Gasteiger partial charge in [-0.25, -0.2) is 21.8 Å². The highest BCUT2D eigenvalue weighted by atomic mass is 32.2. The van der Waals surface area contributed by atoms with E-state index in [1.165, 1.54) is 29.7 Å². The Bertz CT molecular complexity index is 2670. The fourth-order valence-electron chi connectivity index (χ4n) is 6.99. The number of anilines is 2. The summed E-state index contributed by atoms with van der Waals surface area (Å²) in [5.74, 6) is -4.36. The van der Waals surface area contributed by atoms with Crippen LogP contribution in [0, 0.1) is 0 Å². The lowest BCUT2D eigenvalue weighted by Crippen LogP contribution is -2.54. The van der Waals surface area contributed by atoms with Crippen LogP contribution in [0.3, 0.4) is 0 Å². The van der Waals surface area contributed by atoms with Crippen molar-refractivity contribution in [3.63, 3.8) is 0 Å². The molecule has 2 atom stereocenters. The Hall–Kier alpha value is -6.30. The summed E-state index contributed by atoms with van der Waals surface area (Å²) in [5, 5.41) is 15.3. The second-order valence-corrected chi connectivity index (χ2v) is 20.3. The van der Waals surface area contributed by atoms with Gasteiger partial charge >= 0.3 is 0 Å². The molecule has 6 rings (SSSR count). The van der Waals surface area contributed by atoms with Crippen LogP contribution in [0.25, 0.3) is 11.3 Å². The molecule has 1 saturated heterocycles. The van der Waals surface area contributed by atoms with Gasteiger partial charge < -0.3 is 26.0 Å². The van der Waals surface area contributed by atoms with Gasteiger partial charge in [-0.2, -0.15) is 0 Å². The third-order valence-corrected chi connectivity index (χ3v) is 13.9. The van der Waals surface area contributed by atoms with Gasteiger partial charge in [0, 0.05) is 61.6 Å². The van der Waals surface area contributed by atoms with Crippen molar-refractivity contribution in [3.8, 4) is 11.3 Å². The lowest BCUT2D eigenvalue weighted by molar-refractivity contribution is -0.136. The lowest BCUT2D eigenvalue weighted by Gasteiger charge is -2.27. The minimum absolute atomic E-state index is 0.00344. The summed E-state index contributed by atoms with van der Waals surface area (Å²) in [7, 11) is -7.09. The van der Waals surface area contributed by atoms with Crippen molar-refractivity contribution < 1.29 is 55.1 Å². The maximum Gasteiger partial charge on any atom is 0.264 e. The molecule has 5 N–H and O–H groups in total. The Morgan fingerprint density at radius 2 is 1.69 bits per heavy atom. The van der Waals surface area contributed by atoms with Gasteiger partial charge in [0.2, 0.25) is 27.7 Å². The molecule has 2 aromatic heterocycles. The van der Waals surface area contributed by atoms with Crippen LogP contribution in [0.15, 0.2) is 72.4 Å². The van der Waals surface area contributed by atoms with Crippen molar-refractivity contribution in [3.05, 3.63) is 89.1 Å². The molecule has 0 aliphatic carbocycles. The van der Waals surface area contributed by atoms with E-state index in [-0.39, 0.29) is 97.6 Å². The topological polar surface area (TPSA) is 278 Å². The van der Waals surface area contributed by atoms with Crippen molar-refractivity contribution >= 4 is 83.4 Å². The normalized spacial score (nSPS) is 15.6. The standard InChI is InChI=1S/C42H48N8O12S3/c1-64(58,59)49-20-17-28(24-49)37(53)45-31(38(54)48-42-46-32(26-63-42)27-10-3-2-4-11-27)25-62-21-8-14-34(51)44-18-5-6-22-65(60,61)23-9-19-43-30-13-7-12-29-36(30)41(57)50(40(29)56)33-15-16-35(52)47-39(33)55/h2-4,7,10-13,17,20,24,26,31,33,43H,5-6,8-9,14-16,18-19,21-23,25H2,1H3,(H,44,51)(H,45,53)(H,46,48,54)(H,47,52,55)/t31-,33?/m0/s1. The van der Waals surface area contributed by atoms with Crippen LogP contribution in [0.4, 0.5) is 10.8 Å². The van der Waals surface area contributed by atoms with E-state index in [0.717, 1.165) is 26.9 Å². The molecule has 2 aliphatic heterocycles. The highest BCUT2D eigenvalue weighted by Gasteiger charge is 2.45. The first-order valence-corrected chi connectivity index (χ1v) is 25.2. The van der Waals surface area contributed by atoms with E-state index in [2.05, 4.69) is 31.6 Å². The predicted octanol–water partition coefficient (Wildman–Crippen LogP) is 2.17. The Kier molecular flexibility index (Phi) is 16.0. The zero-order valence-electron chi connectivity index (χ0n) is 35.2. The van der Waals surface area contributed by atoms with Gasteiger partial charge in [0.25, 0.3) is 23.6 Å². The van der Waals surface area contributed by atoms with Gasteiger partial charge in [0.05, 0.1) is 46.8 Å². The molecule has 20 nitrogen and oxygen atoms in total. The number of imide groups is 2. The van der Waals surface area contributed by atoms with Crippen molar-refractivity contribution in [2.45, 2.75) is 57.0 Å². The molecule has 0 bridgehead atoms. The summed E-state index contributed by atoms with van der Waals surface area (Å²) >= 11 is 1.19. The van der Waals surface area contributed by atoms with Crippen molar-refractivity contribution in [2.24, 2.45) is 0 Å². The molecule has 2 aliphatic rings. The minimum atomic E-state index is -3.65. The van der Waals surface area contributed by atoms with E-state index in [9.17, 15) is 50.4 Å². The van der Waals surface area contributed by atoms with Crippen molar-refractivity contribution in [2.75, 3.05) is 54.7 Å². The van der Waals surface area contributed by atoms with E-state index < -0.39 is 67.4 Å². The summed E-state index contributed by atoms with van der Waals surface area (Å²) in [4.78, 5) is 94.5. The highest BCUT2D eigenvalue weighted by molar-refractivity contribution is 7.91. The average molecular weight is 953 g/mol. The van der Waals surface area contributed by atoms with Crippen LogP contribution < -0.4 is 26.6 Å². The maximum atomic E-state index is 13.4. The third-order valence-electron chi connectivity index (χ3n) is 10.3. The molecule has 23 heteroatoms. The zero-order chi connectivity index (χ0) is 46.7. The largest absolute Gasteiger partial charge is 0.384 e. The molecule has 7 amide bonds. The van der Waals surface area contributed by atoms with Crippen LogP contribution in [-0.4, -0.2) is 128 Å². The first kappa shape index (κ1) is 48.2. The molecule has 0 spiro atoms. The summed E-state index contributed by atoms with van der Waals surface area (Å²) < 4.78 is 55.8. The molecule has 1 fully saturated rings. The van der Waals surface area contributed by atoms with Crippen molar-refractivity contribution in [1.29, 1.82) is 0 Å². The second-order valence-electron chi connectivity index (χ2n) is 15.3. The summed E-state index contributed by atoms with van der Waals surface area (Å²) in [6.45, 7) is 0.217. The number of thiazole rings is 1. The molecule has 4 heterocycles. The number of sulfone groups is 1. The molecule has 0 radical (unpaired) electrons. The molecular formula is C42H48N8O12S3. The number of amides is 7. The molecule has 0 saturated carbocycles. The molecule has 1 unspecified atom stereocenters. The number of nitrogens with one attached hydrogen (secondary N) is 5. The lowest BCUT2D eigenvalue weighted by atomic mass is 10.0. The Balaban J connectivity index is 0.879. The van der Waals surface area contributed by atoms with Crippen LogP contribution in [0.5, 0.6) is 0 Å². The van der Waals surface area contributed by atoms with Gasteiger partial charge in [-0.05, 0) is 50.3 Å². The van der Waals surface area contributed by atoms with Gasteiger partial charge in [-0.1, -0.05) is 36.4 Å². The number of benzene rings is 2. The summed E-state index contributed by atoms with van der Waals surface area (Å²) in [6.07, 6.45) is 4.62. The SMILES string of the molecule is CS(=O)(=O)n1ccc(C(=O)N[C@@H](COCCCC(=O)NCCCCS(=O)(=O)CCCNc2cccc3c2C(=O)N(C2CCC(=O)NC2=O)C3=O)C(=O)Nc2nc(-c3ccccc3)cs2)c1. The van der Waals surface area contributed by atoms with Gasteiger partial charge in [-0.15, -0.1) is 11.3 Å². The first-order valence-electron chi connectivity index (χ1n) is 20.7. The zero-order valence-corrected chi connectivity index (χ0v) is 37.7. The second kappa shape index (κ2) is 21.6. The van der Waals surface area contributed by atoms with E-state index in [4.69, 9.17) is 4.74 Å². The predicted molar refractivity (Wildman–Crippen MR) is 239 cm³/mol. The smallest absolute Gasteiger partial charge is 0.264 e. The molecule has 346 valence electrons. The number of piperidine rings is 1. The monoisotopic (exact) mass is 952 g/mol. The number of aromatic nitrogens is 2. The van der Waals surface area contributed by atoms with Gasteiger partial charge in [-0.3, -0.25) is 47.8 Å².